The molecule has 0 spiro atoms. The fourth-order valence-electron chi connectivity index (χ4n) is 2.65. The maximum atomic E-state index is 6.12. The first kappa shape index (κ1) is 12.5. The standard InChI is InChI=1S/C14H20IN3/c15-12-3-4-14(13(16)9-12)18-7-5-17(6-8-18)10-11-1-2-11/h3-4,9,11H,1-2,5-8,10,16H2. The van der Waals surface area contributed by atoms with Gasteiger partial charge in [-0.3, -0.25) is 4.90 Å². The number of hydrogen-bond donors (Lipinski definition) is 1. The van der Waals surface area contributed by atoms with E-state index in [1.807, 2.05) is 0 Å². The first-order valence-corrected chi connectivity index (χ1v) is 7.82. The van der Waals surface area contributed by atoms with Gasteiger partial charge in [0.25, 0.3) is 0 Å². The van der Waals surface area contributed by atoms with Gasteiger partial charge in [0.05, 0.1) is 11.4 Å². The molecule has 1 aliphatic carbocycles. The van der Waals surface area contributed by atoms with E-state index < -0.39 is 0 Å². The van der Waals surface area contributed by atoms with E-state index >= 15 is 0 Å². The van der Waals surface area contributed by atoms with Crippen molar-refractivity contribution in [1.82, 2.24) is 4.90 Å². The van der Waals surface area contributed by atoms with Gasteiger partial charge in [0, 0.05) is 36.3 Å². The molecule has 3 rings (SSSR count). The van der Waals surface area contributed by atoms with Crippen LogP contribution in [0.3, 0.4) is 0 Å². The monoisotopic (exact) mass is 357 g/mol. The molecule has 0 bridgehead atoms. The highest BCUT2D eigenvalue weighted by Crippen LogP contribution is 2.31. The zero-order chi connectivity index (χ0) is 12.5. The van der Waals surface area contributed by atoms with Crippen molar-refractivity contribution in [1.29, 1.82) is 0 Å². The Labute approximate surface area is 122 Å². The Morgan fingerprint density at radius 2 is 1.89 bits per heavy atom. The Morgan fingerprint density at radius 3 is 2.50 bits per heavy atom. The summed E-state index contributed by atoms with van der Waals surface area (Å²) in [5.41, 5.74) is 8.24. The lowest BCUT2D eigenvalue weighted by atomic mass is 10.2. The number of benzene rings is 1. The molecule has 2 aliphatic rings. The number of rotatable bonds is 3. The summed E-state index contributed by atoms with van der Waals surface area (Å²) >= 11 is 2.31. The fraction of sp³-hybridized carbons (Fsp3) is 0.571. The highest BCUT2D eigenvalue weighted by atomic mass is 127. The molecule has 1 saturated carbocycles. The van der Waals surface area contributed by atoms with Gasteiger partial charge in [-0.1, -0.05) is 0 Å². The zero-order valence-corrected chi connectivity index (χ0v) is 12.8. The van der Waals surface area contributed by atoms with Crippen molar-refractivity contribution in [3.8, 4) is 0 Å². The summed E-state index contributed by atoms with van der Waals surface area (Å²) in [5.74, 6) is 1.000. The molecule has 0 unspecified atom stereocenters. The van der Waals surface area contributed by atoms with Gasteiger partial charge in [0.2, 0.25) is 0 Å². The Balaban J connectivity index is 1.60. The second-order valence-corrected chi connectivity index (χ2v) is 6.68. The molecule has 1 saturated heterocycles. The first-order valence-electron chi connectivity index (χ1n) is 6.75. The van der Waals surface area contributed by atoms with E-state index in [2.05, 4.69) is 50.6 Å². The Hall–Kier alpha value is -0.490. The second kappa shape index (κ2) is 5.25. The van der Waals surface area contributed by atoms with Crippen LogP contribution in [-0.2, 0) is 0 Å². The second-order valence-electron chi connectivity index (χ2n) is 5.43. The van der Waals surface area contributed by atoms with Crippen LogP contribution in [-0.4, -0.2) is 37.6 Å². The van der Waals surface area contributed by atoms with Crippen molar-refractivity contribution in [3.05, 3.63) is 21.8 Å². The summed E-state index contributed by atoms with van der Waals surface area (Å²) in [6.07, 6.45) is 2.90. The van der Waals surface area contributed by atoms with Crippen molar-refractivity contribution < 1.29 is 0 Å². The topological polar surface area (TPSA) is 32.5 Å². The van der Waals surface area contributed by atoms with Crippen LogP contribution in [0, 0.1) is 9.49 Å². The number of nitrogens with two attached hydrogens (primary N) is 1. The number of nitrogen functional groups attached to an aromatic ring is 1. The number of nitrogens with zero attached hydrogens (tertiary/aromatic N) is 2. The Kier molecular flexibility index (Phi) is 3.66. The molecule has 18 heavy (non-hydrogen) atoms. The molecule has 3 nitrogen and oxygen atoms in total. The van der Waals surface area contributed by atoms with E-state index in [4.69, 9.17) is 5.73 Å². The minimum absolute atomic E-state index is 0.914. The molecule has 1 aliphatic heterocycles. The minimum Gasteiger partial charge on any atom is -0.397 e. The van der Waals surface area contributed by atoms with Crippen LogP contribution in [0.2, 0.25) is 0 Å². The van der Waals surface area contributed by atoms with Crippen molar-refractivity contribution in [3.63, 3.8) is 0 Å². The Morgan fingerprint density at radius 1 is 1.17 bits per heavy atom. The third-order valence-corrected chi connectivity index (χ3v) is 4.59. The van der Waals surface area contributed by atoms with Gasteiger partial charge in [-0.15, -0.1) is 0 Å². The summed E-state index contributed by atoms with van der Waals surface area (Å²) in [6, 6.07) is 6.36. The van der Waals surface area contributed by atoms with Gasteiger partial charge in [-0.05, 0) is 59.5 Å². The molecule has 1 aromatic rings. The fourth-order valence-corrected chi connectivity index (χ4v) is 3.17. The smallest absolute Gasteiger partial charge is 0.0601 e. The van der Waals surface area contributed by atoms with Gasteiger partial charge in [-0.25, -0.2) is 0 Å². The molecule has 0 aromatic heterocycles. The van der Waals surface area contributed by atoms with E-state index in [1.54, 1.807) is 0 Å². The lowest BCUT2D eigenvalue weighted by molar-refractivity contribution is 0.248. The van der Waals surface area contributed by atoms with Gasteiger partial charge in [0.1, 0.15) is 0 Å². The molecule has 2 N–H and O–H groups in total. The largest absolute Gasteiger partial charge is 0.397 e. The molecule has 1 heterocycles. The molecule has 0 atom stereocenters. The van der Waals surface area contributed by atoms with Gasteiger partial charge in [-0.2, -0.15) is 0 Å². The molecule has 98 valence electrons. The van der Waals surface area contributed by atoms with E-state index in [0.717, 1.165) is 24.7 Å². The summed E-state index contributed by atoms with van der Waals surface area (Å²) in [7, 11) is 0. The SMILES string of the molecule is Nc1cc(I)ccc1N1CCN(CC2CC2)CC1. The van der Waals surface area contributed by atoms with Crippen LogP contribution in [0.5, 0.6) is 0 Å². The van der Waals surface area contributed by atoms with Crippen LogP contribution in [0.4, 0.5) is 11.4 Å². The number of hydrogen-bond acceptors (Lipinski definition) is 3. The van der Waals surface area contributed by atoms with Crippen molar-refractivity contribution in [2.24, 2.45) is 5.92 Å². The number of halogens is 1. The van der Waals surface area contributed by atoms with Crippen molar-refractivity contribution >= 4 is 34.0 Å². The summed E-state index contributed by atoms with van der Waals surface area (Å²) in [5, 5.41) is 0. The zero-order valence-electron chi connectivity index (χ0n) is 10.6. The molecular formula is C14H20IN3. The van der Waals surface area contributed by atoms with Crippen molar-refractivity contribution in [2.45, 2.75) is 12.8 Å². The van der Waals surface area contributed by atoms with E-state index in [1.165, 1.54) is 41.7 Å². The van der Waals surface area contributed by atoms with Gasteiger partial charge < -0.3 is 10.6 Å². The van der Waals surface area contributed by atoms with Crippen LogP contribution < -0.4 is 10.6 Å². The molecule has 1 aromatic carbocycles. The first-order chi connectivity index (χ1) is 8.72. The minimum atomic E-state index is 0.914. The van der Waals surface area contributed by atoms with Crippen LogP contribution in [0.25, 0.3) is 0 Å². The highest BCUT2D eigenvalue weighted by Gasteiger charge is 2.26. The Bertz CT molecular complexity index is 423. The average Bonchev–Trinajstić information content (AvgIpc) is 3.15. The van der Waals surface area contributed by atoms with E-state index in [0.29, 0.717) is 0 Å². The van der Waals surface area contributed by atoms with E-state index in [-0.39, 0.29) is 0 Å². The van der Waals surface area contributed by atoms with Gasteiger partial charge >= 0.3 is 0 Å². The third-order valence-electron chi connectivity index (χ3n) is 3.92. The molecule has 0 radical (unpaired) electrons. The summed E-state index contributed by atoms with van der Waals surface area (Å²) in [6.45, 7) is 5.90. The maximum absolute atomic E-state index is 6.12. The normalized spacial score (nSPS) is 21.3. The number of piperazine rings is 1. The molecule has 2 fully saturated rings. The predicted octanol–water partition coefficient (Wildman–Crippen LogP) is 2.41. The molecular weight excluding hydrogens is 337 g/mol. The lowest BCUT2D eigenvalue weighted by Crippen LogP contribution is -2.47. The summed E-state index contributed by atoms with van der Waals surface area (Å²) < 4.78 is 1.21. The highest BCUT2D eigenvalue weighted by molar-refractivity contribution is 14.1. The predicted molar refractivity (Wildman–Crippen MR) is 84.9 cm³/mol. The summed E-state index contributed by atoms with van der Waals surface area (Å²) in [4.78, 5) is 5.03. The van der Waals surface area contributed by atoms with Crippen LogP contribution in [0.1, 0.15) is 12.8 Å². The van der Waals surface area contributed by atoms with Crippen molar-refractivity contribution in [2.75, 3.05) is 43.4 Å². The number of anilines is 2. The quantitative estimate of drug-likeness (QED) is 0.666. The molecule has 4 heteroatoms. The van der Waals surface area contributed by atoms with Gasteiger partial charge in [0.15, 0.2) is 0 Å². The third kappa shape index (κ3) is 2.91. The van der Waals surface area contributed by atoms with Crippen LogP contribution in [0.15, 0.2) is 18.2 Å². The average molecular weight is 357 g/mol. The lowest BCUT2D eigenvalue weighted by Gasteiger charge is -2.36. The maximum Gasteiger partial charge on any atom is 0.0601 e. The molecule has 0 amide bonds. The van der Waals surface area contributed by atoms with Crippen LogP contribution >= 0.6 is 22.6 Å². The van der Waals surface area contributed by atoms with E-state index in [9.17, 15) is 0 Å².